The number of aliphatic carboxylic acids is 1. The second kappa shape index (κ2) is 15.6. The van der Waals surface area contributed by atoms with Gasteiger partial charge in [-0.25, -0.2) is 4.79 Å². The maximum Gasteiger partial charge on any atom is 0.326 e. The number of carbonyl (C=O) groups is 4. The van der Waals surface area contributed by atoms with Gasteiger partial charge < -0.3 is 37.6 Å². The quantitative estimate of drug-likeness (QED) is 0.145. The van der Waals surface area contributed by atoms with Crippen LogP contribution < -0.4 is 27.4 Å². The largest absolute Gasteiger partial charge is 0.480 e. The van der Waals surface area contributed by atoms with Gasteiger partial charge in [0.05, 0.1) is 12.1 Å². The number of rotatable bonds is 16. The number of carbonyl (C=O) groups excluding carboxylic acids is 3. The lowest BCUT2D eigenvalue weighted by molar-refractivity contribution is -0.142. The first kappa shape index (κ1) is 30.8. The predicted octanol–water partition coefficient (Wildman–Crippen LogP) is -0.545. The van der Waals surface area contributed by atoms with E-state index in [4.69, 9.17) is 11.5 Å². The Kier molecular flexibility index (Phi) is 14.5. The van der Waals surface area contributed by atoms with Gasteiger partial charge in [-0.3, -0.25) is 14.4 Å². The van der Waals surface area contributed by atoms with E-state index in [9.17, 15) is 29.4 Å². The number of hydrogen-bond donors (Lipinski definition) is 7. The lowest BCUT2D eigenvalue weighted by atomic mass is 10.0. The highest BCUT2D eigenvalue weighted by atomic mass is 16.4. The minimum atomic E-state index is -1.32. The van der Waals surface area contributed by atoms with Crippen LogP contribution in [0.2, 0.25) is 0 Å². The van der Waals surface area contributed by atoms with Gasteiger partial charge in [0.2, 0.25) is 17.7 Å². The van der Waals surface area contributed by atoms with Crippen molar-refractivity contribution in [3.63, 3.8) is 0 Å². The molecule has 0 radical (unpaired) electrons. The Morgan fingerprint density at radius 2 is 1.33 bits per heavy atom. The molecule has 0 aliphatic rings. The zero-order valence-electron chi connectivity index (χ0n) is 20.5. The average Bonchev–Trinajstić information content (AvgIpc) is 2.69. The first-order valence-electron chi connectivity index (χ1n) is 11.6. The fraction of sp³-hybridized carbons (Fsp3) is 0.818. The van der Waals surface area contributed by atoms with E-state index in [1.54, 1.807) is 0 Å². The van der Waals surface area contributed by atoms with Gasteiger partial charge in [0, 0.05) is 0 Å². The molecule has 0 saturated carbocycles. The number of unbranched alkanes of at least 4 members (excludes halogenated alkanes) is 1. The monoisotopic (exact) mass is 473 g/mol. The fourth-order valence-electron chi connectivity index (χ4n) is 3.27. The Morgan fingerprint density at radius 1 is 0.788 bits per heavy atom. The van der Waals surface area contributed by atoms with E-state index in [1.165, 1.54) is 6.92 Å². The van der Waals surface area contributed by atoms with Crippen LogP contribution in [0, 0.1) is 11.8 Å². The molecular formula is C22H43N5O6. The predicted molar refractivity (Wildman–Crippen MR) is 125 cm³/mol. The Labute approximate surface area is 196 Å². The Bertz CT molecular complexity index is 641. The van der Waals surface area contributed by atoms with Crippen molar-refractivity contribution in [3.05, 3.63) is 0 Å². The number of hydrogen-bond acceptors (Lipinski definition) is 7. The van der Waals surface area contributed by atoms with E-state index in [2.05, 4.69) is 16.0 Å². The van der Waals surface area contributed by atoms with Crippen LogP contribution in [0.4, 0.5) is 0 Å². The van der Waals surface area contributed by atoms with E-state index >= 15 is 0 Å². The average molecular weight is 474 g/mol. The summed E-state index contributed by atoms with van der Waals surface area (Å²) in [6, 6.07) is -4.33. The second-order valence-electron chi connectivity index (χ2n) is 9.34. The number of carboxylic acids is 1. The molecular weight excluding hydrogens is 430 g/mol. The Balaban J connectivity index is 5.37. The SMILES string of the molecule is CC(C)CC(N)C(=O)NC(C(=O)NC(CC(C)C)C(=O)NC(CCCCN)C(=O)O)C(C)O. The maximum atomic E-state index is 12.9. The summed E-state index contributed by atoms with van der Waals surface area (Å²) in [5.74, 6) is -3.00. The molecule has 5 unspecified atom stereocenters. The molecule has 0 aromatic carbocycles. The van der Waals surface area contributed by atoms with Crippen molar-refractivity contribution in [2.24, 2.45) is 23.3 Å². The summed E-state index contributed by atoms with van der Waals surface area (Å²) in [4.78, 5) is 49.6. The van der Waals surface area contributed by atoms with E-state index in [0.717, 1.165) is 0 Å². The highest BCUT2D eigenvalue weighted by Crippen LogP contribution is 2.09. The molecule has 5 atom stereocenters. The van der Waals surface area contributed by atoms with Crippen molar-refractivity contribution in [2.45, 2.75) is 97.0 Å². The van der Waals surface area contributed by atoms with Gasteiger partial charge in [-0.15, -0.1) is 0 Å². The number of carboxylic acid groups (broad SMARTS) is 1. The summed E-state index contributed by atoms with van der Waals surface area (Å²) in [5.41, 5.74) is 11.3. The number of amides is 3. The molecule has 3 amide bonds. The van der Waals surface area contributed by atoms with Crippen molar-refractivity contribution >= 4 is 23.7 Å². The highest BCUT2D eigenvalue weighted by Gasteiger charge is 2.32. The third-order valence-electron chi connectivity index (χ3n) is 5.03. The summed E-state index contributed by atoms with van der Waals surface area (Å²) in [6.07, 6.45) is 0.758. The Morgan fingerprint density at radius 3 is 1.79 bits per heavy atom. The molecule has 11 heteroatoms. The van der Waals surface area contributed by atoms with Crippen LogP contribution in [-0.4, -0.2) is 70.7 Å². The molecule has 0 aromatic heterocycles. The molecule has 0 aliphatic heterocycles. The topological polar surface area (TPSA) is 197 Å². The second-order valence-corrected chi connectivity index (χ2v) is 9.34. The standard InChI is InChI=1S/C22H43N5O6/c1-12(2)10-15(24)19(29)27-18(14(5)28)21(31)26-17(11-13(3)4)20(30)25-16(22(32)33)8-6-7-9-23/h12-18,28H,6-11,23-24H2,1-5H3,(H,25,30)(H,26,31)(H,27,29)(H,32,33). The maximum absolute atomic E-state index is 12.9. The van der Waals surface area contributed by atoms with Crippen molar-refractivity contribution in [3.8, 4) is 0 Å². The van der Waals surface area contributed by atoms with Crippen LogP contribution in [0.25, 0.3) is 0 Å². The molecule has 0 spiro atoms. The van der Waals surface area contributed by atoms with Gasteiger partial charge >= 0.3 is 5.97 Å². The van der Waals surface area contributed by atoms with Crippen LogP contribution in [0.1, 0.15) is 66.7 Å². The molecule has 0 rings (SSSR count). The van der Waals surface area contributed by atoms with Crippen LogP contribution >= 0.6 is 0 Å². The minimum Gasteiger partial charge on any atom is -0.480 e. The smallest absolute Gasteiger partial charge is 0.326 e. The number of aliphatic hydroxyl groups is 1. The molecule has 0 heterocycles. The number of aliphatic hydroxyl groups excluding tert-OH is 1. The normalized spacial score (nSPS) is 15.9. The van der Waals surface area contributed by atoms with Crippen LogP contribution in [0.15, 0.2) is 0 Å². The molecule has 0 fully saturated rings. The molecule has 11 nitrogen and oxygen atoms in total. The molecule has 33 heavy (non-hydrogen) atoms. The zero-order chi connectivity index (χ0) is 25.7. The van der Waals surface area contributed by atoms with E-state index in [1.807, 2.05) is 27.7 Å². The van der Waals surface area contributed by atoms with E-state index in [0.29, 0.717) is 25.8 Å². The summed E-state index contributed by atoms with van der Waals surface area (Å²) in [7, 11) is 0. The van der Waals surface area contributed by atoms with Crippen molar-refractivity contribution < 1.29 is 29.4 Å². The third-order valence-corrected chi connectivity index (χ3v) is 5.03. The van der Waals surface area contributed by atoms with E-state index < -0.39 is 54.0 Å². The van der Waals surface area contributed by atoms with Crippen LogP contribution in [0.5, 0.6) is 0 Å². The van der Waals surface area contributed by atoms with Gasteiger partial charge in [0.1, 0.15) is 18.1 Å². The minimum absolute atomic E-state index is 0.000577. The van der Waals surface area contributed by atoms with Gasteiger partial charge in [0.15, 0.2) is 0 Å². The van der Waals surface area contributed by atoms with Crippen molar-refractivity contribution in [1.82, 2.24) is 16.0 Å². The molecule has 0 aromatic rings. The summed E-state index contributed by atoms with van der Waals surface area (Å²) >= 11 is 0. The fourth-order valence-corrected chi connectivity index (χ4v) is 3.27. The van der Waals surface area contributed by atoms with Crippen LogP contribution in [-0.2, 0) is 19.2 Å². The van der Waals surface area contributed by atoms with Crippen molar-refractivity contribution in [2.75, 3.05) is 6.54 Å². The first-order valence-corrected chi connectivity index (χ1v) is 11.6. The highest BCUT2D eigenvalue weighted by molar-refractivity contribution is 5.94. The molecule has 192 valence electrons. The van der Waals surface area contributed by atoms with Crippen molar-refractivity contribution in [1.29, 1.82) is 0 Å². The summed E-state index contributed by atoms with van der Waals surface area (Å²) in [6.45, 7) is 9.26. The lowest BCUT2D eigenvalue weighted by Gasteiger charge is -2.27. The van der Waals surface area contributed by atoms with Crippen LogP contribution in [0.3, 0.4) is 0 Å². The molecule has 0 aliphatic carbocycles. The third kappa shape index (κ3) is 12.5. The Hall–Kier alpha value is -2.24. The number of nitrogens with one attached hydrogen (secondary N) is 3. The molecule has 9 N–H and O–H groups in total. The van der Waals surface area contributed by atoms with Gasteiger partial charge in [-0.1, -0.05) is 27.7 Å². The van der Waals surface area contributed by atoms with Gasteiger partial charge in [0.25, 0.3) is 0 Å². The lowest BCUT2D eigenvalue weighted by Crippen LogP contribution is -2.60. The molecule has 0 saturated heterocycles. The van der Waals surface area contributed by atoms with E-state index in [-0.39, 0.29) is 24.7 Å². The zero-order valence-corrected chi connectivity index (χ0v) is 20.5. The van der Waals surface area contributed by atoms with Gasteiger partial charge in [-0.05, 0) is 57.4 Å². The molecule has 0 bridgehead atoms. The number of nitrogens with two attached hydrogens (primary N) is 2. The first-order chi connectivity index (χ1) is 15.3. The van der Waals surface area contributed by atoms with Gasteiger partial charge in [-0.2, -0.15) is 0 Å². The summed E-state index contributed by atoms with van der Waals surface area (Å²) < 4.78 is 0. The summed E-state index contributed by atoms with van der Waals surface area (Å²) in [5, 5.41) is 26.9.